The summed E-state index contributed by atoms with van der Waals surface area (Å²) in [4.78, 5) is 11.0. The van der Waals surface area contributed by atoms with Crippen molar-refractivity contribution in [3.8, 4) is 0 Å². The number of esters is 1. The Kier molecular flexibility index (Phi) is 4.90. The van der Waals surface area contributed by atoms with Gasteiger partial charge in [0.15, 0.2) is 0 Å². The van der Waals surface area contributed by atoms with E-state index >= 15 is 0 Å². The molecule has 16 heavy (non-hydrogen) atoms. The standard InChI is InChI=1S/C11H13Cl2NO2/c1-7(6-10(15)16-2)14-9-5-3-4-8(12)11(9)13/h3-5,7,14H,6H2,1-2H3. The predicted octanol–water partition coefficient (Wildman–Crippen LogP) is 3.36. The van der Waals surface area contributed by atoms with Crippen molar-refractivity contribution < 1.29 is 9.53 Å². The van der Waals surface area contributed by atoms with E-state index in [9.17, 15) is 4.79 Å². The van der Waals surface area contributed by atoms with Gasteiger partial charge in [-0.2, -0.15) is 0 Å². The van der Waals surface area contributed by atoms with Gasteiger partial charge in [-0.05, 0) is 19.1 Å². The van der Waals surface area contributed by atoms with Crippen molar-refractivity contribution in [2.45, 2.75) is 19.4 Å². The minimum atomic E-state index is -0.266. The summed E-state index contributed by atoms with van der Waals surface area (Å²) in [5, 5.41) is 4.04. The molecule has 1 aromatic rings. The van der Waals surface area contributed by atoms with Gasteiger partial charge in [-0.15, -0.1) is 0 Å². The smallest absolute Gasteiger partial charge is 0.307 e. The van der Waals surface area contributed by atoms with Crippen LogP contribution < -0.4 is 5.32 Å². The van der Waals surface area contributed by atoms with Gasteiger partial charge in [-0.25, -0.2) is 0 Å². The highest BCUT2D eigenvalue weighted by molar-refractivity contribution is 6.43. The molecule has 0 radical (unpaired) electrons. The van der Waals surface area contributed by atoms with E-state index in [-0.39, 0.29) is 18.4 Å². The first-order valence-corrected chi connectivity index (χ1v) is 5.57. The Hall–Kier alpha value is -0.930. The van der Waals surface area contributed by atoms with Gasteiger partial charge in [0.2, 0.25) is 0 Å². The number of methoxy groups -OCH3 is 1. The van der Waals surface area contributed by atoms with Gasteiger partial charge < -0.3 is 10.1 Å². The first-order valence-electron chi connectivity index (χ1n) is 4.82. The Morgan fingerprint density at radius 1 is 1.50 bits per heavy atom. The van der Waals surface area contributed by atoms with Crippen LogP contribution in [0, 0.1) is 0 Å². The Labute approximate surface area is 105 Å². The molecule has 1 aromatic carbocycles. The third-order valence-corrected chi connectivity index (χ3v) is 2.87. The third kappa shape index (κ3) is 3.58. The molecule has 0 amide bonds. The lowest BCUT2D eigenvalue weighted by atomic mass is 10.2. The number of nitrogens with one attached hydrogen (secondary N) is 1. The normalized spacial score (nSPS) is 12.0. The van der Waals surface area contributed by atoms with E-state index in [1.54, 1.807) is 12.1 Å². The molecule has 0 saturated heterocycles. The molecule has 0 saturated carbocycles. The van der Waals surface area contributed by atoms with Crippen LogP contribution in [0.3, 0.4) is 0 Å². The van der Waals surface area contributed by atoms with Crippen LogP contribution in [0.4, 0.5) is 5.69 Å². The summed E-state index contributed by atoms with van der Waals surface area (Å²) in [5.74, 6) is -0.266. The van der Waals surface area contributed by atoms with Crippen LogP contribution >= 0.6 is 23.2 Å². The fourth-order valence-corrected chi connectivity index (χ4v) is 1.62. The summed E-state index contributed by atoms with van der Waals surface area (Å²) >= 11 is 11.9. The van der Waals surface area contributed by atoms with Gasteiger partial charge >= 0.3 is 5.97 Å². The maximum Gasteiger partial charge on any atom is 0.307 e. The zero-order valence-electron chi connectivity index (χ0n) is 9.09. The summed E-state index contributed by atoms with van der Waals surface area (Å²) in [6, 6.07) is 5.24. The van der Waals surface area contributed by atoms with Gasteiger partial charge in [0.05, 0.1) is 29.3 Å². The van der Waals surface area contributed by atoms with Crippen LogP contribution in [-0.2, 0) is 9.53 Å². The fraction of sp³-hybridized carbons (Fsp3) is 0.364. The number of carbonyl (C=O) groups is 1. The monoisotopic (exact) mass is 261 g/mol. The van der Waals surface area contributed by atoms with E-state index in [0.29, 0.717) is 15.7 Å². The molecule has 1 unspecified atom stereocenters. The Bertz CT molecular complexity index is 382. The van der Waals surface area contributed by atoms with Gasteiger partial charge in [-0.3, -0.25) is 4.79 Å². The Balaban J connectivity index is 2.66. The van der Waals surface area contributed by atoms with Crippen molar-refractivity contribution in [1.82, 2.24) is 0 Å². The van der Waals surface area contributed by atoms with Crippen LogP contribution in [0.5, 0.6) is 0 Å². The number of rotatable bonds is 4. The zero-order valence-corrected chi connectivity index (χ0v) is 10.6. The lowest BCUT2D eigenvalue weighted by molar-refractivity contribution is -0.140. The van der Waals surface area contributed by atoms with Crippen LogP contribution in [-0.4, -0.2) is 19.1 Å². The van der Waals surface area contributed by atoms with Crippen molar-refractivity contribution >= 4 is 34.9 Å². The third-order valence-electron chi connectivity index (χ3n) is 2.05. The number of anilines is 1. The topological polar surface area (TPSA) is 38.3 Å². The average Bonchev–Trinajstić information content (AvgIpc) is 2.24. The number of carbonyl (C=O) groups excluding carboxylic acids is 1. The van der Waals surface area contributed by atoms with Crippen LogP contribution in [0.15, 0.2) is 18.2 Å². The Morgan fingerprint density at radius 3 is 2.81 bits per heavy atom. The molecule has 0 bridgehead atoms. The van der Waals surface area contributed by atoms with E-state index in [2.05, 4.69) is 10.1 Å². The highest BCUT2D eigenvalue weighted by Crippen LogP contribution is 2.30. The Morgan fingerprint density at radius 2 is 2.19 bits per heavy atom. The SMILES string of the molecule is COC(=O)CC(C)Nc1cccc(Cl)c1Cl. The molecule has 0 aliphatic carbocycles. The molecule has 0 spiro atoms. The van der Waals surface area contributed by atoms with Gasteiger partial charge in [0.1, 0.15) is 0 Å². The minimum Gasteiger partial charge on any atom is -0.469 e. The lowest BCUT2D eigenvalue weighted by Gasteiger charge is -2.15. The summed E-state index contributed by atoms with van der Waals surface area (Å²) in [6.45, 7) is 1.87. The van der Waals surface area contributed by atoms with E-state index in [4.69, 9.17) is 23.2 Å². The van der Waals surface area contributed by atoms with Crippen LogP contribution in [0.25, 0.3) is 0 Å². The largest absolute Gasteiger partial charge is 0.469 e. The van der Waals surface area contributed by atoms with Gasteiger partial charge in [0.25, 0.3) is 0 Å². The average molecular weight is 262 g/mol. The molecule has 88 valence electrons. The molecular formula is C11H13Cl2NO2. The quantitative estimate of drug-likeness (QED) is 0.845. The van der Waals surface area contributed by atoms with Crippen molar-refractivity contribution in [3.63, 3.8) is 0 Å². The first kappa shape index (κ1) is 13.1. The number of hydrogen-bond donors (Lipinski definition) is 1. The van der Waals surface area contributed by atoms with Crippen LogP contribution in [0.1, 0.15) is 13.3 Å². The first-order chi connectivity index (χ1) is 7.54. The molecule has 0 aliphatic rings. The maximum absolute atomic E-state index is 11.0. The second-order valence-corrected chi connectivity index (χ2v) is 4.21. The number of hydrogen-bond acceptors (Lipinski definition) is 3. The molecule has 0 aliphatic heterocycles. The summed E-state index contributed by atoms with van der Waals surface area (Å²) in [7, 11) is 1.36. The van der Waals surface area contributed by atoms with Crippen molar-refractivity contribution in [2.75, 3.05) is 12.4 Å². The lowest BCUT2D eigenvalue weighted by Crippen LogP contribution is -2.20. The molecule has 5 heteroatoms. The zero-order chi connectivity index (χ0) is 12.1. The van der Waals surface area contributed by atoms with E-state index in [0.717, 1.165) is 0 Å². The van der Waals surface area contributed by atoms with Crippen molar-refractivity contribution in [1.29, 1.82) is 0 Å². The molecule has 1 N–H and O–H groups in total. The van der Waals surface area contributed by atoms with Crippen molar-refractivity contribution in [2.24, 2.45) is 0 Å². The van der Waals surface area contributed by atoms with E-state index in [1.807, 2.05) is 13.0 Å². The second kappa shape index (κ2) is 5.97. The van der Waals surface area contributed by atoms with Crippen LogP contribution in [0.2, 0.25) is 10.0 Å². The maximum atomic E-state index is 11.0. The molecule has 3 nitrogen and oxygen atoms in total. The summed E-state index contributed by atoms with van der Waals surface area (Å²) < 4.78 is 4.57. The molecule has 0 heterocycles. The molecule has 1 rings (SSSR count). The van der Waals surface area contributed by atoms with E-state index in [1.165, 1.54) is 7.11 Å². The molecular weight excluding hydrogens is 249 g/mol. The highest BCUT2D eigenvalue weighted by atomic mass is 35.5. The number of halogens is 2. The van der Waals surface area contributed by atoms with Crippen molar-refractivity contribution in [3.05, 3.63) is 28.2 Å². The fourth-order valence-electron chi connectivity index (χ4n) is 1.27. The van der Waals surface area contributed by atoms with Gasteiger partial charge in [-0.1, -0.05) is 29.3 Å². The predicted molar refractivity (Wildman–Crippen MR) is 66.2 cm³/mol. The van der Waals surface area contributed by atoms with E-state index < -0.39 is 0 Å². The number of ether oxygens (including phenoxy) is 1. The molecule has 0 aromatic heterocycles. The highest BCUT2D eigenvalue weighted by Gasteiger charge is 2.11. The second-order valence-electron chi connectivity index (χ2n) is 3.43. The summed E-state index contributed by atoms with van der Waals surface area (Å²) in [6.07, 6.45) is 0.277. The molecule has 1 atom stereocenters. The minimum absolute atomic E-state index is 0.0663. The van der Waals surface area contributed by atoms with Gasteiger partial charge in [0, 0.05) is 6.04 Å². The summed E-state index contributed by atoms with van der Waals surface area (Å²) in [5.41, 5.74) is 0.713. The number of benzene rings is 1. The molecule has 0 fully saturated rings.